The first-order valence-electron chi connectivity index (χ1n) is 5.93. The molecule has 0 atom stereocenters. The lowest BCUT2D eigenvalue weighted by Crippen LogP contribution is -2.00. The molecular weight excluding hydrogens is 296 g/mol. The molecule has 0 radical (unpaired) electrons. The Hall–Kier alpha value is -2.47. The van der Waals surface area contributed by atoms with Crippen molar-refractivity contribution in [3.05, 3.63) is 41.0 Å². The first-order chi connectivity index (χ1) is 10.0. The number of hydrogen-bond acceptors (Lipinski definition) is 5. The summed E-state index contributed by atoms with van der Waals surface area (Å²) in [6, 6.07) is 6.30. The SMILES string of the molecule is COc1cc(OC)c(Nc2ccc(C(=O)O)cn2)cc1Cl. The quantitative estimate of drug-likeness (QED) is 0.883. The van der Waals surface area contributed by atoms with E-state index in [-0.39, 0.29) is 5.56 Å². The van der Waals surface area contributed by atoms with E-state index in [0.29, 0.717) is 28.0 Å². The van der Waals surface area contributed by atoms with Gasteiger partial charge in [-0.15, -0.1) is 0 Å². The van der Waals surface area contributed by atoms with Gasteiger partial charge in [0, 0.05) is 12.3 Å². The van der Waals surface area contributed by atoms with E-state index in [1.165, 1.54) is 26.5 Å². The Bertz CT molecular complexity index is 659. The van der Waals surface area contributed by atoms with Gasteiger partial charge in [-0.1, -0.05) is 11.6 Å². The van der Waals surface area contributed by atoms with Gasteiger partial charge in [-0.25, -0.2) is 9.78 Å². The summed E-state index contributed by atoms with van der Waals surface area (Å²) in [5, 5.41) is 12.3. The Morgan fingerprint density at radius 1 is 1.24 bits per heavy atom. The molecular formula is C14H13ClN2O4. The van der Waals surface area contributed by atoms with Crippen LogP contribution in [-0.2, 0) is 0 Å². The molecule has 0 saturated heterocycles. The van der Waals surface area contributed by atoms with Gasteiger partial charge in [-0.05, 0) is 18.2 Å². The third kappa shape index (κ3) is 3.35. The van der Waals surface area contributed by atoms with Crippen LogP contribution in [0.25, 0.3) is 0 Å². The molecule has 0 spiro atoms. The number of nitrogens with zero attached hydrogens (tertiary/aromatic N) is 1. The van der Waals surface area contributed by atoms with Crippen LogP contribution in [0.15, 0.2) is 30.5 Å². The zero-order valence-corrected chi connectivity index (χ0v) is 12.1. The number of aromatic nitrogens is 1. The van der Waals surface area contributed by atoms with Gasteiger partial charge in [-0.3, -0.25) is 0 Å². The molecule has 0 fully saturated rings. The Balaban J connectivity index is 2.30. The zero-order valence-electron chi connectivity index (χ0n) is 11.4. The van der Waals surface area contributed by atoms with E-state index in [9.17, 15) is 4.79 Å². The molecule has 6 nitrogen and oxygen atoms in total. The van der Waals surface area contributed by atoms with Gasteiger partial charge in [-0.2, -0.15) is 0 Å². The lowest BCUT2D eigenvalue weighted by Gasteiger charge is -2.13. The minimum Gasteiger partial charge on any atom is -0.495 e. The van der Waals surface area contributed by atoms with E-state index in [4.69, 9.17) is 26.2 Å². The average molecular weight is 309 g/mol. The zero-order chi connectivity index (χ0) is 15.4. The number of carboxylic acid groups (broad SMARTS) is 1. The average Bonchev–Trinajstić information content (AvgIpc) is 2.48. The predicted octanol–water partition coefficient (Wildman–Crippen LogP) is 3.19. The molecule has 0 aliphatic rings. The van der Waals surface area contributed by atoms with Gasteiger partial charge < -0.3 is 19.9 Å². The number of rotatable bonds is 5. The van der Waals surface area contributed by atoms with Crippen molar-refractivity contribution < 1.29 is 19.4 Å². The number of ether oxygens (including phenoxy) is 2. The summed E-state index contributed by atoms with van der Waals surface area (Å²) in [4.78, 5) is 14.8. The second-order valence-corrected chi connectivity index (χ2v) is 4.46. The molecule has 0 aliphatic carbocycles. The molecule has 0 unspecified atom stereocenters. The van der Waals surface area contributed by atoms with Gasteiger partial charge >= 0.3 is 5.97 Å². The topological polar surface area (TPSA) is 80.7 Å². The van der Waals surface area contributed by atoms with E-state index in [0.717, 1.165) is 0 Å². The molecule has 0 amide bonds. The predicted molar refractivity (Wildman–Crippen MR) is 79.0 cm³/mol. The number of methoxy groups -OCH3 is 2. The van der Waals surface area contributed by atoms with Crippen LogP contribution in [0.3, 0.4) is 0 Å². The summed E-state index contributed by atoms with van der Waals surface area (Å²) in [5.74, 6) is 0.465. The molecule has 0 aliphatic heterocycles. The van der Waals surface area contributed by atoms with Crippen molar-refractivity contribution in [1.29, 1.82) is 0 Å². The Kier molecular flexibility index (Phi) is 4.49. The van der Waals surface area contributed by atoms with E-state index < -0.39 is 5.97 Å². The molecule has 2 N–H and O–H groups in total. The molecule has 2 aromatic rings. The molecule has 0 bridgehead atoms. The smallest absolute Gasteiger partial charge is 0.337 e. The van der Waals surface area contributed by atoms with E-state index in [2.05, 4.69) is 10.3 Å². The molecule has 7 heteroatoms. The van der Waals surface area contributed by atoms with Crippen molar-refractivity contribution in [2.24, 2.45) is 0 Å². The minimum absolute atomic E-state index is 0.111. The number of anilines is 2. The highest BCUT2D eigenvalue weighted by atomic mass is 35.5. The van der Waals surface area contributed by atoms with Gasteiger partial charge in [0.25, 0.3) is 0 Å². The summed E-state index contributed by atoms with van der Waals surface area (Å²) in [7, 11) is 3.04. The number of carbonyl (C=O) groups is 1. The fraction of sp³-hybridized carbons (Fsp3) is 0.143. The van der Waals surface area contributed by atoms with Gasteiger partial charge in [0.2, 0.25) is 0 Å². The van der Waals surface area contributed by atoms with Crippen molar-refractivity contribution in [2.75, 3.05) is 19.5 Å². The molecule has 1 aromatic heterocycles. The number of halogens is 1. The van der Waals surface area contributed by atoms with Gasteiger partial charge in [0.1, 0.15) is 17.3 Å². The molecule has 1 heterocycles. The molecule has 0 saturated carbocycles. The largest absolute Gasteiger partial charge is 0.495 e. The Morgan fingerprint density at radius 3 is 2.48 bits per heavy atom. The van der Waals surface area contributed by atoms with Crippen LogP contribution in [0.4, 0.5) is 11.5 Å². The van der Waals surface area contributed by atoms with E-state index in [1.807, 2.05) is 0 Å². The van der Waals surface area contributed by atoms with Gasteiger partial charge in [0.15, 0.2) is 0 Å². The van der Waals surface area contributed by atoms with E-state index in [1.54, 1.807) is 18.2 Å². The van der Waals surface area contributed by atoms with E-state index >= 15 is 0 Å². The molecule has 2 rings (SSSR count). The summed E-state index contributed by atoms with van der Waals surface area (Å²) in [6.45, 7) is 0. The summed E-state index contributed by atoms with van der Waals surface area (Å²) >= 11 is 6.07. The minimum atomic E-state index is -1.03. The highest BCUT2D eigenvalue weighted by molar-refractivity contribution is 6.32. The maximum absolute atomic E-state index is 10.8. The normalized spacial score (nSPS) is 10.0. The van der Waals surface area contributed by atoms with Crippen LogP contribution in [0.2, 0.25) is 5.02 Å². The van der Waals surface area contributed by atoms with Crippen molar-refractivity contribution in [1.82, 2.24) is 4.98 Å². The van der Waals surface area contributed by atoms with Crippen LogP contribution in [0.1, 0.15) is 10.4 Å². The number of pyridine rings is 1. The highest BCUT2D eigenvalue weighted by Crippen LogP contribution is 2.36. The number of benzene rings is 1. The lowest BCUT2D eigenvalue weighted by atomic mass is 10.2. The molecule has 1 aromatic carbocycles. The highest BCUT2D eigenvalue weighted by Gasteiger charge is 2.11. The number of aromatic carboxylic acids is 1. The van der Waals surface area contributed by atoms with Crippen molar-refractivity contribution in [2.45, 2.75) is 0 Å². The number of nitrogens with one attached hydrogen (secondary N) is 1. The van der Waals surface area contributed by atoms with Gasteiger partial charge in [0.05, 0.1) is 30.5 Å². The first-order valence-corrected chi connectivity index (χ1v) is 6.31. The molecule has 21 heavy (non-hydrogen) atoms. The monoisotopic (exact) mass is 308 g/mol. The standard InChI is InChI=1S/C14H13ClN2O4/c1-20-11-6-12(21-2)10(5-9(11)15)17-13-4-3-8(7-16-13)14(18)19/h3-7H,1-2H3,(H,16,17)(H,18,19). The maximum atomic E-state index is 10.8. The third-order valence-corrected chi connectivity index (χ3v) is 3.04. The van der Waals surface area contributed by atoms with Crippen LogP contribution in [-0.4, -0.2) is 30.3 Å². The summed E-state index contributed by atoms with van der Waals surface area (Å²) < 4.78 is 10.4. The lowest BCUT2D eigenvalue weighted by molar-refractivity contribution is 0.0696. The van der Waals surface area contributed by atoms with Crippen LogP contribution in [0.5, 0.6) is 11.5 Å². The summed E-state index contributed by atoms with van der Waals surface area (Å²) in [6.07, 6.45) is 1.27. The third-order valence-electron chi connectivity index (χ3n) is 2.75. The second kappa shape index (κ2) is 6.32. The maximum Gasteiger partial charge on any atom is 0.337 e. The van der Waals surface area contributed by atoms with Crippen LogP contribution in [0, 0.1) is 0 Å². The van der Waals surface area contributed by atoms with Crippen LogP contribution >= 0.6 is 11.6 Å². The number of hydrogen-bond donors (Lipinski definition) is 2. The van der Waals surface area contributed by atoms with Crippen molar-refractivity contribution in [3.8, 4) is 11.5 Å². The summed E-state index contributed by atoms with van der Waals surface area (Å²) in [5.41, 5.74) is 0.708. The second-order valence-electron chi connectivity index (χ2n) is 4.05. The van der Waals surface area contributed by atoms with Crippen molar-refractivity contribution >= 4 is 29.1 Å². The first kappa shape index (κ1) is 14.9. The van der Waals surface area contributed by atoms with Crippen molar-refractivity contribution in [3.63, 3.8) is 0 Å². The fourth-order valence-electron chi connectivity index (χ4n) is 1.69. The number of carboxylic acids is 1. The Morgan fingerprint density at radius 2 is 1.95 bits per heavy atom. The fourth-order valence-corrected chi connectivity index (χ4v) is 1.93. The Labute approximate surface area is 126 Å². The van der Waals surface area contributed by atoms with Crippen LogP contribution < -0.4 is 14.8 Å². The molecule has 110 valence electrons.